The first-order valence-corrected chi connectivity index (χ1v) is 9.36. The Kier molecular flexibility index (Phi) is 5.74. The lowest BCUT2D eigenvalue weighted by Crippen LogP contribution is -2.52. The van der Waals surface area contributed by atoms with E-state index in [1.807, 2.05) is 36.1 Å². The van der Waals surface area contributed by atoms with Gasteiger partial charge in [0.25, 0.3) is 0 Å². The number of rotatable bonds is 6. The summed E-state index contributed by atoms with van der Waals surface area (Å²) in [5, 5.41) is 3.10. The second-order valence-electron chi connectivity index (χ2n) is 7.51. The second kappa shape index (κ2) is 8.00. The maximum absolute atomic E-state index is 12.4. The van der Waals surface area contributed by atoms with Gasteiger partial charge in [-0.15, -0.1) is 0 Å². The van der Waals surface area contributed by atoms with E-state index >= 15 is 0 Å². The Balaban J connectivity index is 1.39. The highest BCUT2D eigenvalue weighted by Gasteiger charge is 2.29. The summed E-state index contributed by atoms with van der Waals surface area (Å²) in [5.74, 6) is 0.967. The largest absolute Gasteiger partial charge is 0.352 e. The third kappa shape index (κ3) is 5.30. The lowest BCUT2D eigenvalue weighted by molar-refractivity contribution is -0.132. The van der Waals surface area contributed by atoms with Crippen LogP contribution >= 0.6 is 0 Å². The van der Waals surface area contributed by atoms with Gasteiger partial charge in [0.15, 0.2) is 0 Å². The van der Waals surface area contributed by atoms with Gasteiger partial charge >= 0.3 is 0 Å². The maximum Gasteiger partial charge on any atom is 0.234 e. The van der Waals surface area contributed by atoms with Gasteiger partial charge in [-0.1, -0.05) is 29.8 Å². The van der Waals surface area contributed by atoms with E-state index in [9.17, 15) is 9.59 Å². The van der Waals surface area contributed by atoms with Crippen molar-refractivity contribution < 1.29 is 9.59 Å². The predicted octanol–water partition coefficient (Wildman–Crippen LogP) is 1.60. The Morgan fingerprint density at radius 2 is 1.76 bits per heavy atom. The summed E-state index contributed by atoms with van der Waals surface area (Å²) in [4.78, 5) is 28.6. The third-order valence-electron chi connectivity index (χ3n) is 5.29. The van der Waals surface area contributed by atoms with Crippen LogP contribution in [0.4, 0.5) is 0 Å². The molecule has 0 radical (unpaired) electrons. The zero-order chi connectivity index (χ0) is 17.8. The Bertz CT molecular complexity index is 602. The highest BCUT2D eigenvalue weighted by molar-refractivity contribution is 5.79. The van der Waals surface area contributed by atoms with Crippen LogP contribution in [-0.2, 0) is 16.0 Å². The lowest BCUT2D eigenvalue weighted by atomic mass is 10.1. The van der Waals surface area contributed by atoms with E-state index in [1.54, 1.807) is 0 Å². The fraction of sp³-hybridized carbons (Fsp3) is 0.600. The summed E-state index contributed by atoms with van der Waals surface area (Å²) >= 11 is 0. The van der Waals surface area contributed by atoms with Crippen LogP contribution in [-0.4, -0.2) is 60.4 Å². The van der Waals surface area contributed by atoms with Gasteiger partial charge in [0.1, 0.15) is 0 Å². The quantitative estimate of drug-likeness (QED) is 0.854. The molecule has 1 aromatic rings. The fourth-order valence-electron chi connectivity index (χ4n) is 3.36. The molecule has 5 nitrogen and oxygen atoms in total. The van der Waals surface area contributed by atoms with E-state index in [0.29, 0.717) is 38.0 Å². The number of carbonyl (C=O) groups is 2. The maximum atomic E-state index is 12.4. The summed E-state index contributed by atoms with van der Waals surface area (Å²) in [6.07, 6.45) is 2.94. The van der Waals surface area contributed by atoms with Crippen molar-refractivity contribution >= 4 is 11.8 Å². The molecule has 2 aliphatic rings. The standard InChI is InChI=1S/C20H29N3O2/c1-15-3-5-17(6-4-15)13-20(25)23-11-9-22(10-12-23)14-19(24)21-16(2)18-7-8-18/h3-6,16,18H,7-14H2,1-2H3,(H,21,24)/t16-/m1/s1. The van der Waals surface area contributed by atoms with Crippen LogP contribution in [0.15, 0.2) is 24.3 Å². The van der Waals surface area contributed by atoms with Crippen molar-refractivity contribution in [2.45, 2.75) is 39.2 Å². The molecule has 0 bridgehead atoms. The van der Waals surface area contributed by atoms with Crippen LogP contribution < -0.4 is 5.32 Å². The Labute approximate surface area is 150 Å². The number of benzene rings is 1. The smallest absolute Gasteiger partial charge is 0.234 e. The molecule has 1 N–H and O–H groups in total. The van der Waals surface area contributed by atoms with E-state index in [2.05, 4.69) is 17.1 Å². The molecular weight excluding hydrogens is 314 g/mol. The molecule has 1 saturated carbocycles. The Morgan fingerprint density at radius 1 is 1.12 bits per heavy atom. The van der Waals surface area contributed by atoms with Gasteiger partial charge in [-0.3, -0.25) is 14.5 Å². The van der Waals surface area contributed by atoms with Gasteiger partial charge in [0.05, 0.1) is 13.0 Å². The minimum absolute atomic E-state index is 0.110. The average Bonchev–Trinajstić information content (AvgIpc) is 3.42. The highest BCUT2D eigenvalue weighted by atomic mass is 16.2. The van der Waals surface area contributed by atoms with Gasteiger partial charge in [0, 0.05) is 32.2 Å². The number of aryl methyl sites for hydroxylation is 1. The molecule has 0 aromatic heterocycles. The van der Waals surface area contributed by atoms with Crippen molar-refractivity contribution in [1.29, 1.82) is 0 Å². The number of piperazine rings is 1. The second-order valence-corrected chi connectivity index (χ2v) is 7.51. The van der Waals surface area contributed by atoms with Crippen LogP contribution in [0.25, 0.3) is 0 Å². The average molecular weight is 343 g/mol. The first-order valence-electron chi connectivity index (χ1n) is 9.36. The SMILES string of the molecule is Cc1ccc(CC(=O)N2CCN(CC(=O)N[C@H](C)C3CC3)CC2)cc1. The highest BCUT2D eigenvalue weighted by Crippen LogP contribution is 2.32. The van der Waals surface area contributed by atoms with Crippen LogP contribution in [0.3, 0.4) is 0 Å². The van der Waals surface area contributed by atoms with Crippen LogP contribution in [0.1, 0.15) is 30.9 Å². The van der Waals surface area contributed by atoms with Crippen molar-refractivity contribution in [2.75, 3.05) is 32.7 Å². The van der Waals surface area contributed by atoms with Gasteiger partial charge < -0.3 is 10.2 Å². The van der Waals surface area contributed by atoms with E-state index in [1.165, 1.54) is 18.4 Å². The molecule has 0 spiro atoms. The molecule has 1 atom stereocenters. The minimum atomic E-state index is 0.110. The number of amides is 2. The summed E-state index contributed by atoms with van der Waals surface area (Å²) in [6, 6.07) is 8.43. The van der Waals surface area contributed by atoms with Crippen molar-refractivity contribution in [3.63, 3.8) is 0 Å². The molecule has 5 heteroatoms. The van der Waals surface area contributed by atoms with Gasteiger partial charge in [-0.05, 0) is 38.2 Å². The molecule has 25 heavy (non-hydrogen) atoms. The third-order valence-corrected chi connectivity index (χ3v) is 5.29. The Morgan fingerprint density at radius 3 is 2.36 bits per heavy atom. The van der Waals surface area contributed by atoms with E-state index in [4.69, 9.17) is 0 Å². The number of nitrogens with zero attached hydrogens (tertiary/aromatic N) is 2. The van der Waals surface area contributed by atoms with Crippen molar-refractivity contribution in [3.05, 3.63) is 35.4 Å². The molecule has 1 aromatic carbocycles. The topological polar surface area (TPSA) is 52.7 Å². The zero-order valence-corrected chi connectivity index (χ0v) is 15.3. The summed E-state index contributed by atoms with van der Waals surface area (Å²) in [7, 11) is 0. The summed E-state index contributed by atoms with van der Waals surface area (Å²) < 4.78 is 0. The van der Waals surface area contributed by atoms with Gasteiger partial charge in [-0.2, -0.15) is 0 Å². The summed E-state index contributed by atoms with van der Waals surface area (Å²) in [5.41, 5.74) is 2.27. The number of carbonyl (C=O) groups excluding carboxylic acids is 2. The molecule has 1 aliphatic heterocycles. The first kappa shape index (κ1) is 17.9. The minimum Gasteiger partial charge on any atom is -0.352 e. The molecule has 2 amide bonds. The number of hydrogen-bond acceptors (Lipinski definition) is 3. The van der Waals surface area contributed by atoms with E-state index < -0.39 is 0 Å². The molecule has 0 unspecified atom stereocenters. The van der Waals surface area contributed by atoms with Crippen molar-refractivity contribution in [2.24, 2.45) is 5.92 Å². The normalized spacial score (nSPS) is 19.5. The fourth-order valence-corrected chi connectivity index (χ4v) is 3.36. The number of nitrogens with one attached hydrogen (secondary N) is 1. The van der Waals surface area contributed by atoms with Gasteiger partial charge in [0.2, 0.25) is 11.8 Å². The van der Waals surface area contributed by atoms with Crippen LogP contribution in [0, 0.1) is 12.8 Å². The molecule has 136 valence electrons. The molecule has 1 aliphatic carbocycles. The molecular formula is C20H29N3O2. The van der Waals surface area contributed by atoms with Crippen LogP contribution in [0.2, 0.25) is 0 Å². The lowest BCUT2D eigenvalue weighted by Gasteiger charge is -2.34. The predicted molar refractivity (Wildman–Crippen MR) is 98.2 cm³/mol. The van der Waals surface area contributed by atoms with Crippen LogP contribution in [0.5, 0.6) is 0 Å². The number of hydrogen-bond donors (Lipinski definition) is 1. The van der Waals surface area contributed by atoms with E-state index in [-0.39, 0.29) is 11.8 Å². The van der Waals surface area contributed by atoms with E-state index in [0.717, 1.165) is 18.7 Å². The van der Waals surface area contributed by atoms with Crippen molar-refractivity contribution in [1.82, 2.24) is 15.1 Å². The molecule has 1 saturated heterocycles. The molecule has 1 heterocycles. The summed E-state index contributed by atoms with van der Waals surface area (Å²) in [6.45, 7) is 7.53. The molecule has 2 fully saturated rings. The zero-order valence-electron chi connectivity index (χ0n) is 15.3. The monoisotopic (exact) mass is 343 g/mol. The molecule has 3 rings (SSSR count). The van der Waals surface area contributed by atoms with Crippen molar-refractivity contribution in [3.8, 4) is 0 Å². The van der Waals surface area contributed by atoms with Gasteiger partial charge in [-0.25, -0.2) is 0 Å². The Hall–Kier alpha value is -1.88. The first-order chi connectivity index (χ1) is 12.0.